The Labute approximate surface area is 135 Å². The zero-order valence-electron chi connectivity index (χ0n) is 14.1. The van der Waals surface area contributed by atoms with Crippen molar-refractivity contribution in [2.75, 3.05) is 0 Å². The van der Waals surface area contributed by atoms with Crippen LogP contribution in [0.15, 0.2) is 42.0 Å². The molecule has 0 amide bonds. The minimum atomic E-state index is -0.112. The van der Waals surface area contributed by atoms with Crippen LogP contribution in [-0.4, -0.2) is 5.97 Å². The number of rotatable bonds is 11. The summed E-state index contributed by atoms with van der Waals surface area (Å²) in [5, 5.41) is 0. The third-order valence-electron chi connectivity index (χ3n) is 3.77. The third-order valence-corrected chi connectivity index (χ3v) is 3.77. The summed E-state index contributed by atoms with van der Waals surface area (Å²) < 4.78 is 5.28. The van der Waals surface area contributed by atoms with E-state index in [0.717, 1.165) is 18.4 Å². The lowest BCUT2D eigenvalue weighted by molar-refractivity contribution is -0.144. The number of esters is 1. The standard InChI is InChI=1S/C20H30O2/c1-3-4-5-6-7-9-12-18(2)15-16-20(21)22-17-19-13-10-8-11-14-19/h8,10-14H,3-7,9,15-17H2,1-2H3/b18-12+. The molecular formula is C20H30O2. The Morgan fingerprint density at radius 2 is 1.77 bits per heavy atom. The highest BCUT2D eigenvalue weighted by Gasteiger charge is 2.03. The zero-order valence-corrected chi connectivity index (χ0v) is 14.1. The number of allylic oxidation sites excluding steroid dienone is 2. The number of hydrogen-bond donors (Lipinski definition) is 0. The summed E-state index contributed by atoms with van der Waals surface area (Å²) in [4.78, 5) is 11.7. The molecule has 0 spiro atoms. The van der Waals surface area contributed by atoms with Crippen molar-refractivity contribution in [3.63, 3.8) is 0 Å². The Bertz CT molecular complexity index is 434. The summed E-state index contributed by atoms with van der Waals surface area (Å²) in [6.45, 7) is 4.72. The van der Waals surface area contributed by atoms with E-state index in [1.165, 1.54) is 37.7 Å². The van der Waals surface area contributed by atoms with Crippen LogP contribution in [0.1, 0.15) is 70.8 Å². The molecule has 0 fully saturated rings. The highest BCUT2D eigenvalue weighted by atomic mass is 16.5. The third kappa shape index (κ3) is 9.38. The van der Waals surface area contributed by atoms with Crippen LogP contribution < -0.4 is 0 Å². The monoisotopic (exact) mass is 302 g/mol. The van der Waals surface area contributed by atoms with Crippen LogP contribution in [-0.2, 0) is 16.1 Å². The lowest BCUT2D eigenvalue weighted by Gasteiger charge is -2.05. The van der Waals surface area contributed by atoms with E-state index in [9.17, 15) is 4.79 Å². The van der Waals surface area contributed by atoms with E-state index in [2.05, 4.69) is 19.9 Å². The Kier molecular flexibility index (Phi) is 10.1. The molecule has 0 radical (unpaired) electrons. The highest BCUT2D eigenvalue weighted by Crippen LogP contribution is 2.11. The largest absolute Gasteiger partial charge is 0.461 e. The molecule has 0 saturated heterocycles. The molecule has 0 heterocycles. The average Bonchev–Trinajstić information content (AvgIpc) is 2.55. The van der Waals surface area contributed by atoms with Gasteiger partial charge in [-0.1, -0.05) is 74.6 Å². The van der Waals surface area contributed by atoms with Crippen LogP contribution >= 0.6 is 0 Å². The number of carbonyl (C=O) groups excluding carboxylic acids is 1. The van der Waals surface area contributed by atoms with E-state index < -0.39 is 0 Å². The molecule has 0 aliphatic carbocycles. The van der Waals surface area contributed by atoms with Crippen LogP contribution in [0.5, 0.6) is 0 Å². The first-order valence-corrected chi connectivity index (χ1v) is 8.57. The number of benzene rings is 1. The summed E-state index contributed by atoms with van der Waals surface area (Å²) in [6.07, 6.45) is 11.2. The fourth-order valence-corrected chi connectivity index (χ4v) is 2.31. The molecule has 0 aliphatic rings. The van der Waals surface area contributed by atoms with Crippen molar-refractivity contribution in [1.82, 2.24) is 0 Å². The van der Waals surface area contributed by atoms with Gasteiger partial charge in [-0.25, -0.2) is 0 Å². The van der Waals surface area contributed by atoms with Crippen LogP contribution in [0.2, 0.25) is 0 Å². The zero-order chi connectivity index (χ0) is 16.0. The molecule has 0 aromatic heterocycles. The minimum absolute atomic E-state index is 0.112. The van der Waals surface area contributed by atoms with Crippen molar-refractivity contribution in [2.45, 2.75) is 71.8 Å². The smallest absolute Gasteiger partial charge is 0.306 e. The predicted molar refractivity (Wildman–Crippen MR) is 92.6 cm³/mol. The fourth-order valence-electron chi connectivity index (χ4n) is 2.31. The van der Waals surface area contributed by atoms with Crippen molar-refractivity contribution < 1.29 is 9.53 Å². The quantitative estimate of drug-likeness (QED) is 0.292. The molecule has 0 atom stereocenters. The molecule has 2 nitrogen and oxygen atoms in total. The van der Waals surface area contributed by atoms with Crippen molar-refractivity contribution >= 4 is 5.97 Å². The summed E-state index contributed by atoms with van der Waals surface area (Å²) in [7, 11) is 0. The number of unbranched alkanes of at least 4 members (excludes halogenated alkanes) is 5. The molecular weight excluding hydrogens is 272 g/mol. The van der Waals surface area contributed by atoms with Crippen molar-refractivity contribution in [3.05, 3.63) is 47.5 Å². The van der Waals surface area contributed by atoms with Crippen molar-refractivity contribution in [1.29, 1.82) is 0 Å². The van der Waals surface area contributed by atoms with Crippen molar-refractivity contribution in [3.8, 4) is 0 Å². The van der Waals surface area contributed by atoms with E-state index in [1.54, 1.807) is 0 Å². The van der Waals surface area contributed by atoms with Gasteiger partial charge in [-0.3, -0.25) is 4.79 Å². The van der Waals surface area contributed by atoms with E-state index in [4.69, 9.17) is 4.74 Å². The maximum Gasteiger partial charge on any atom is 0.306 e. The van der Waals surface area contributed by atoms with Gasteiger partial charge in [0.05, 0.1) is 0 Å². The Balaban J connectivity index is 2.09. The first-order chi connectivity index (χ1) is 10.7. The Hall–Kier alpha value is -1.57. The molecule has 0 aliphatic heterocycles. The Morgan fingerprint density at radius 1 is 1.05 bits per heavy atom. The molecule has 0 unspecified atom stereocenters. The second-order valence-electron chi connectivity index (χ2n) is 5.90. The van der Waals surface area contributed by atoms with Crippen LogP contribution in [0, 0.1) is 0 Å². The first kappa shape index (κ1) is 18.5. The molecule has 122 valence electrons. The van der Waals surface area contributed by atoms with E-state index >= 15 is 0 Å². The summed E-state index contributed by atoms with van der Waals surface area (Å²) in [5.74, 6) is -0.112. The molecule has 22 heavy (non-hydrogen) atoms. The summed E-state index contributed by atoms with van der Waals surface area (Å²) in [5.41, 5.74) is 2.34. The summed E-state index contributed by atoms with van der Waals surface area (Å²) >= 11 is 0. The first-order valence-electron chi connectivity index (χ1n) is 8.57. The molecule has 0 N–H and O–H groups in total. The van der Waals surface area contributed by atoms with Crippen LogP contribution in [0.25, 0.3) is 0 Å². The van der Waals surface area contributed by atoms with Crippen molar-refractivity contribution in [2.24, 2.45) is 0 Å². The van der Waals surface area contributed by atoms with Gasteiger partial charge in [0.25, 0.3) is 0 Å². The van der Waals surface area contributed by atoms with Crippen LogP contribution in [0.4, 0.5) is 0 Å². The number of ether oxygens (including phenoxy) is 1. The van der Waals surface area contributed by atoms with Gasteiger partial charge >= 0.3 is 5.97 Å². The maximum absolute atomic E-state index is 11.7. The minimum Gasteiger partial charge on any atom is -0.461 e. The lowest BCUT2D eigenvalue weighted by atomic mass is 10.1. The molecule has 0 saturated carbocycles. The van der Waals surface area contributed by atoms with Gasteiger partial charge in [-0.05, 0) is 31.7 Å². The second kappa shape index (κ2) is 12.0. The van der Waals surface area contributed by atoms with E-state index in [0.29, 0.717) is 13.0 Å². The second-order valence-corrected chi connectivity index (χ2v) is 5.90. The van der Waals surface area contributed by atoms with Gasteiger partial charge in [-0.2, -0.15) is 0 Å². The normalized spacial score (nSPS) is 11.5. The fraction of sp³-hybridized carbons (Fsp3) is 0.550. The highest BCUT2D eigenvalue weighted by molar-refractivity contribution is 5.69. The van der Waals surface area contributed by atoms with Gasteiger partial charge < -0.3 is 4.74 Å². The Morgan fingerprint density at radius 3 is 2.50 bits per heavy atom. The number of hydrogen-bond acceptors (Lipinski definition) is 2. The molecule has 1 rings (SSSR count). The van der Waals surface area contributed by atoms with Gasteiger partial charge in [0.2, 0.25) is 0 Å². The molecule has 1 aromatic rings. The number of carbonyl (C=O) groups is 1. The van der Waals surface area contributed by atoms with E-state index in [1.807, 2.05) is 30.3 Å². The van der Waals surface area contributed by atoms with Gasteiger partial charge in [-0.15, -0.1) is 0 Å². The van der Waals surface area contributed by atoms with Gasteiger partial charge in [0, 0.05) is 6.42 Å². The maximum atomic E-state index is 11.7. The SMILES string of the molecule is CCCCCCC/C=C(\C)CCC(=O)OCc1ccccc1. The topological polar surface area (TPSA) is 26.3 Å². The molecule has 0 bridgehead atoms. The van der Waals surface area contributed by atoms with Gasteiger partial charge in [0.1, 0.15) is 6.61 Å². The van der Waals surface area contributed by atoms with Crippen LogP contribution in [0.3, 0.4) is 0 Å². The van der Waals surface area contributed by atoms with Gasteiger partial charge in [0.15, 0.2) is 0 Å². The average molecular weight is 302 g/mol. The van der Waals surface area contributed by atoms with E-state index in [-0.39, 0.29) is 5.97 Å². The predicted octanol–water partition coefficient (Wildman–Crippen LogP) is 5.82. The molecule has 2 heteroatoms. The lowest BCUT2D eigenvalue weighted by Crippen LogP contribution is -2.04. The summed E-state index contributed by atoms with van der Waals surface area (Å²) in [6, 6.07) is 9.81. The molecule has 1 aromatic carbocycles.